The molecule has 0 spiro atoms. The number of sulfonamides is 1. The molecule has 9 nitrogen and oxygen atoms in total. The first-order valence-electron chi connectivity index (χ1n) is 9.34. The molecule has 3 aromatic heterocycles. The van der Waals surface area contributed by atoms with E-state index in [0.717, 1.165) is 11.4 Å². The molecule has 1 aliphatic heterocycles. The summed E-state index contributed by atoms with van der Waals surface area (Å²) in [5, 5.41) is 9.59. The van der Waals surface area contributed by atoms with Crippen molar-refractivity contribution in [3.05, 3.63) is 36.4 Å². The second kappa shape index (κ2) is 7.42. The van der Waals surface area contributed by atoms with E-state index in [1.54, 1.807) is 30.5 Å². The normalized spacial score (nSPS) is 15.7. The first-order valence-corrected chi connectivity index (χ1v) is 10.8. The number of pyridine rings is 1. The third kappa shape index (κ3) is 3.43. The van der Waals surface area contributed by atoms with Crippen molar-refractivity contribution in [1.29, 1.82) is 5.26 Å². The van der Waals surface area contributed by atoms with E-state index in [-0.39, 0.29) is 0 Å². The molecule has 29 heavy (non-hydrogen) atoms. The lowest BCUT2D eigenvalue weighted by molar-refractivity contribution is 0.380. The fraction of sp³-hybridized carbons (Fsp3) is 0.368. The number of nitriles is 1. The van der Waals surface area contributed by atoms with Crippen LogP contribution in [0, 0.1) is 11.3 Å². The van der Waals surface area contributed by atoms with Gasteiger partial charge >= 0.3 is 0 Å². The van der Waals surface area contributed by atoms with Crippen LogP contribution in [0.4, 0.5) is 5.82 Å². The zero-order valence-corrected chi connectivity index (χ0v) is 17.0. The maximum atomic E-state index is 12.3. The summed E-state index contributed by atoms with van der Waals surface area (Å²) in [6, 6.07) is 5.96. The number of aromatic nitrogens is 4. The Bertz CT molecular complexity index is 1170. The van der Waals surface area contributed by atoms with Crippen molar-refractivity contribution in [3.8, 4) is 17.3 Å². The van der Waals surface area contributed by atoms with Crippen molar-refractivity contribution in [2.45, 2.75) is 19.1 Å². The molecule has 1 saturated heterocycles. The van der Waals surface area contributed by atoms with Crippen molar-refractivity contribution in [3.63, 3.8) is 0 Å². The molecular formula is C19H21N7O2S. The summed E-state index contributed by atoms with van der Waals surface area (Å²) in [7, 11) is -3.23. The molecule has 1 fully saturated rings. The number of nitrogens with zero attached hydrogens (tertiary/aromatic N) is 6. The molecule has 150 valence electrons. The minimum absolute atomic E-state index is 0.414. The first-order chi connectivity index (χ1) is 13.9. The lowest BCUT2D eigenvalue weighted by Crippen LogP contribution is -2.50. The Labute approximate surface area is 169 Å². The molecule has 3 aromatic rings. The standard InChI is InChI=1S/C19H21N7O2S/c1-13(2)29(27,28)26-7-5-25(6-8-26)16-4-3-14(10-21-16)18-17-15(9-20)11-22-19(17)24-12-23-18/h3-4,10-13H,5-8H2,1-2H3,(H,22,23,24). The van der Waals surface area contributed by atoms with Crippen LogP contribution < -0.4 is 4.90 Å². The van der Waals surface area contributed by atoms with Gasteiger partial charge < -0.3 is 9.88 Å². The van der Waals surface area contributed by atoms with Crippen LogP contribution in [-0.2, 0) is 10.0 Å². The van der Waals surface area contributed by atoms with E-state index in [4.69, 9.17) is 0 Å². The topological polar surface area (TPSA) is 119 Å². The second-order valence-electron chi connectivity index (χ2n) is 7.14. The fourth-order valence-electron chi connectivity index (χ4n) is 3.45. The minimum Gasteiger partial charge on any atom is -0.354 e. The van der Waals surface area contributed by atoms with Gasteiger partial charge in [-0.1, -0.05) is 0 Å². The summed E-state index contributed by atoms with van der Waals surface area (Å²) < 4.78 is 26.2. The largest absolute Gasteiger partial charge is 0.354 e. The SMILES string of the molecule is CC(C)S(=O)(=O)N1CCN(c2ccc(-c3ncnc4[nH]cc(C#N)c34)cn2)CC1. The van der Waals surface area contributed by atoms with E-state index in [2.05, 4.69) is 30.9 Å². The highest BCUT2D eigenvalue weighted by Crippen LogP contribution is 2.28. The lowest BCUT2D eigenvalue weighted by atomic mass is 10.1. The van der Waals surface area contributed by atoms with Crippen molar-refractivity contribution in [2.24, 2.45) is 0 Å². The van der Waals surface area contributed by atoms with Gasteiger partial charge in [-0.25, -0.2) is 23.4 Å². The van der Waals surface area contributed by atoms with Crippen molar-refractivity contribution in [2.75, 3.05) is 31.1 Å². The van der Waals surface area contributed by atoms with Crippen LogP contribution in [0.2, 0.25) is 0 Å². The quantitative estimate of drug-likeness (QED) is 0.694. The molecule has 0 bridgehead atoms. The van der Waals surface area contributed by atoms with E-state index in [9.17, 15) is 13.7 Å². The van der Waals surface area contributed by atoms with Crippen LogP contribution in [0.1, 0.15) is 19.4 Å². The molecule has 0 atom stereocenters. The van der Waals surface area contributed by atoms with Crippen LogP contribution in [0.25, 0.3) is 22.3 Å². The van der Waals surface area contributed by atoms with Crippen LogP contribution in [0.5, 0.6) is 0 Å². The molecule has 0 saturated carbocycles. The number of piperazine rings is 1. The third-order valence-corrected chi connectivity index (χ3v) is 7.41. The summed E-state index contributed by atoms with van der Waals surface area (Å²) in [5.74, 6) is 0.787. The molecule has 0 aromatic carbocycles. The summed E-state index contributed by atoms with van der Waals surface area (Å²) in [4.78, 5) is 18.1. The van der Waals surface area contributed by atoms with Crippen LogP contribution in [0.15, 0.2) is 30.9 Å². The zero-order valence-electron chi connectivity index (χ0n) is 16.2. The molecule has 4 heterocycles. The summed E-state index contributed by atoms with van der Waals surface area (Å²) >= 11 is 0. The third-order valence-electron chi connectivity index (χ3n) is 5.13. The van der Waals surface area contributed by atoms with Crippen molar-refractivity contribution in [1.82, 2.24) is 24.2 Å². The highest BCUT2D eigenvalue weighted by atomic mass is 32.2. The predicted molar refractivity (Wildman–Crippen MR) is 110 cm³/mol. The number of rotatable bonds is 4. The van der Waals surface area contributed by atoms with Gasteiger partial charge in [0.15, 0.2) is 0 Å². The second-order valence-corrected chi connectivity index (χ2v) is 9.63. The monoisotopic (exact) mass is 411 g/mol. The van der Waals surface area contributed by atoms with E-state index < -0.39 is 15.3 Å². The average molecular weight is 411 g/mol. The summed E-state index contributed by atoms with van der Waals surface area (Å²) in [5.41, 5.74) is 2.54. The van der Waals surface area contributed by atoms with Crippen molar-refractivity contribution < 1.29 is 8.42 Å². The predicted octanol–water partition coefficient (Wildman–Crippen LogP) is 1.75. The highest BCUT2D eigenvalue weighted by Gasteiger charge is 2.29. The molecule has 0 radical (unpaired) electrons. The number of hydrogen-bond donors (Lipinski definition) is 1. The number of fused-ring (bicyclic) bond motifs is 1. The van der Waals surface area contributed by atoms with Gasteiger partial charge in [-0.2, -0.15) is 9.57 Å². The van der Waals surface area contributed by atoms with Gasteiger partial charge in [-0.3, -0.25) is 0 Å². The van der Waals surface area contributed by atoms with E-state index in [1.165, 1.54) is 6.33 Å². The highest BCUT2D eigenvalue weighted by molar-refractivity contribution is 7.89. The van der Waals surface area contributed by atoms with Gasteiger partial charge in [-0.15, -0.1) is 0 Å². The maximum Gasteiger partial charge on any atom is 0.216 e. The molecule has 0 amide bonds. The van der Waals surface area contributed by atoms with Crippen LogP contribution in [0.3, 0.4) is 0 Å². The van der Waals surface area contributed by atoms with Crippen molar-refractivity contribution >= 4 is 26.9 Å². The fourth-order valence-corrected chi connectivity index (χ4v) is 4.72. The summed E-state index contributed by atoms with van der Waals surface area (Å²) in [6.07, 6.45) is 4.80. The van der Waals surface area contributed by atoms with Gasteiger partial charge in [0, 0.05) is 44.1 Å². The Kier molecular flexibility index (Phi) is 4.94. The van der Waals surface area contributed by atoms with E-state index in [1.807, 2.05) is 12.1 Å². The molecule has 10 heteroatoms. The minimum atomic E-state index is -3.23. The molecule has 0 unspecified atom stereocenters. The number of anilines is 1. The van der Waals surface area contributed by atoms with E-state index >= 15 is 0 Å². The average Bonchev–Trinajstić information content (AvgIpc) is 3.17. The van der Waals surface area contributed by atoms with Crippen LogP contribution >= 0.6 is 0 Å². The van der Waals surface area contributed by atoms with E-state index in [0.29, 0.717) is 48.5 Å². The number of H-pyrrole nitrogens is 1. The van der Waals surface area contributed by atoms with Gasteiger partial charge in [0.2, 0.25) is 10.0 Å². The maximum absolute atomic E-state index is 12.3. The number of nitrogens with one attached hydrogen (secondary N) is 1. The van der Waals surface area contributed by atoms with Crippen LogP contribution in [-0.4, -0.2) is 64.1 Å². The van der Waals surface area contributed by atoms with Gasteiger partial charge in [0.05, 0.1) is 21.9 Å². The number of hydrogen-bond acceptors (Lipinski definition) is 7. The molecule has 1 aliphatic rings. The van der Waals surface area contributed by atoms with Gasteiger partial charge in [-0.05, 0) is 26.0 Å². The Morgan fingerprint density at radius 2 is 1.90 bits per heavy atom. The molecule has 0 aliphatic carbocycles. The lowest BCUT2D eigenvalue weighted by Gasteiger charge is -2.35. The molecule has 1 N–H and O–H groups in total. The van der Waals surface area contributed by atoms with Gasteiger partial charge in [0.25, 0.3) is 0 Å². The smallest absolute Gasteiger partial charge is 0.216 e. The molecule has 4 rings (SSSR count). The zero-order chi connectivity index (χ0) is 20.6. The number of aromatic amines is 1. The first kappa shape index (κ1) is 19.3. The Hall–Kier alpha value is -3.03. The van der Waals surface area contributed by atoms with Gasteiger partial charge in [0.1, 0.15) is 23.9 Å². The summed E-state index contributed by atoms with van der Waals surface area (Å²) in [6.45, 7) is 5.48. The Morgan fingerprint density at radius 3 is 2.52 bits per heavy atom. The Balaban J connectivity index is 1.55. The molecular weight excluding hydrogens is 390 g/mol. The Morgan fingerprint density at radius 1 is 1.14 bits per heavy atom.